The average Bonchev–Trinajstić information content (AvgIpc) is 3.05. The van der Waals surface area contributed by atoms with Gasteiger partial charge in [-0.05, 0) is 42.2 Å². The van der Waals surface area contributed by atoms with Crippen LogP contribution >= 0.6 is 22.9 Å². The fraction of sp³-hybridized carbons (Fsp3) is 0.350. The van der Waals surface area contributed by atoms with Crippen LogP contribution in [0.5, 0.6) is 0 Å². The minimum absolute atomic E-state index is 0.00850. The number of hydrogen-bond donors (Lipinski definition) is 1. The Bertz CT molecular complexity index is 836. The summed E-state index contributed by atoms with van der Waals surface area (Å²) in [5.41, 5.74) is 1.55. The first-order chi connectivity index (χ1) is 12.6. The highest BCUT2D eigenvalue weighted by atomic mass is 35.5. The molecule has 0 saturated carbocycles. The Morgan fingerprint density at radius 1 is 1.11 bits per heavy atom. The maximum atomic E-state index is 12.3. The van der Waals surface area contributed by atoms with E-state index >= 15 is 0 Å². The zero-order chi connectivity index (χ0) is 20.2. The third-order valence-corrected chi connectivity index (χ3v) is 5.18. The normalized spacial score (nSPS) is 12.3. The fourth-order valence-electron chi connectivity index (χ4n) is 2.26. The lowest BCUT2D eigenvalue weighted by molar-refractivity contribution is -0.144. The highest BCUT2D eigenvalue weighted by molar-refractivity contribution is 7.18. The molecule has 0 unspecified atom stereocenters. The van der Waals surface area contributed by atoms with Crippen LogP contribution in [0, 0.1) is 0 Å². The molecule has 1 aromatic heterocycles. The van der Waals surface area contributed by atoms with Crippen LogP contribution in [0.4, 0.5) is 0 Å². The topological polar surface area (TPSA) is 72.5 Å². The van der Waals surface area contributed by atoms with E-state index in [0.717, 1.165) is 16.9 Å². The summed E-state index contributed by atoms with van der Waals surface area (Å²) in [7, 11) is 0. The van der Waals surface area contributed by atoms with E-state index in [2.05, 4.69) is 26.1 Å². The molecule has 0 aliphatic rings. The largest absolute Gasteiger partial charge is 0.456 e. The van der Waals surface area contributed by atoms with Gasteiger partial charge in [0.1, 0.15) is 6.04 Å². The second-order valence-electron chi connectivity index (χ2n) is 7.16. The van der Waals surface area contributed by atoms with E-state index in [0.29, 0.717) is 14.8 Å². The molecule has 0 radical (unpaired) electrons. The molecule has 5 nitrogen and oxygen atoms in total. The molecule has 1 amide bonds. The van der Waals surface area contributed by atoms with E-state index in [1.54, 1.807) is 24.3 Å². The number of nitrogens with one attached hydrogen (secondary N) is 1. The Balaban J connectivity index is 1.88. The number of ether oxygens (including phenoxy) is 1. The number of esters is 1. The lowest BCUT2D eigenvalue weighted by atomic mass is 9.86. The van der Waals surface area contributed by atoms with E-state index in [1.807, 2.05) is 12.1 Å². The number of thiophene rings is 1. The van der Waals surface area contributed by atoms with Gasteiger partial charge in [0.05, 0.1) is 9.21 Å². The van der Waals surface area contributed by atoms with Gasteiger partial charge in [0.25, 0.3) is 5.91 Å². The molecule has 1 heterocycles. The molecule has 0 fully saturated rings. The van der Waals surface area contributed by atoms with Crippen LogP contribution in [0.25, 0.3) is 0 Å². The summed E-state index contributed by atoms with van der Waals surface area (Å²) in [6.07, 6.45) is 0. The summed E-state index contributed by atoms with van der Waals surface area (Å²) >= 11 is 6.90. The molecule has 0 saturated heterocycles. The van der Waals surface area contributed by atoms with Crippen LogP contribution in [-0.4, -0.2) is 30.3 Å². The van der Waals surface area contributed by atoms with E-state index in [4.69, 9.17) is 16.3 Å². The first-order valence-corrected chi connectivity index (χ1v) is 9.64. The third kappa shape index (κ3) is 5.91. The molecule has 0 aliphatic carbocycles. The second-order valence-corrected chi connectivity index (χ2v) is 8.87. The van der Waals surface area contributed by atoms with Crippen LogP contribution in [0.15, 0.2) is 36.4 Å². The molecule has 0 spiro atoms. The molecule has 1 N–H and O–H groups in total. The molecule has 2 rings (SSSR count). The number of carbonyl (C=O) groups is 3. The molecule has 1 aromatic carbocycles. The van der Waals surface area contributed by atoms with Gasteiger partial charge >= 0.3 is 5.97 Å². The Morgan fingerprint density at radius 3 is 2.26 bits per heavy atom. The Labute approximate surface area is 167 Å². The van der Waals surface area contributed by atoms with Crippen molar-refractivity contribution in [3.63, 3.8) is 0 Å². The SMILES string of the molecule is C[C@H](NC(=O)c1ccc(C(C)(C)C)cc1)C(=O)OCC(=O)c1ccc(Cl)s1. The van der Waals surface area contributed by atoms with Gasteiger partial charge < -0.3 is 10.1 Å². The Morgan fingerprint density at radius 2 is 1.74 bits per heavy atom. The Kier molecular flexibility index (Phi) is 6.78. The summed E-state index contributed by atoms with van der Waals surface area (Å²) in [5, 5.41) is 2.58. The van der Waals surface area contributed by atoms with E-state index in [9.17, 15) is 14.4 Å². The summed E-state index contributed by atoms with van der Waals surface area (Å²) in [4.78, 5) is 36.7. The van der Waals surface area contributed by atoms with Crippen molar-refractivity contribution in [3.05, 3.63) is 56.7 Å². The Hall–Kier alpha value is -2.18. The summed E-state index contributed by atoms with van der Waals surface area (Å²) in [6, 6.07) is 9.53. The smallest absolute Gasteiger partial charge is 0.328 e. The number of halogens is 1. The molecular formula is C20H22ClNO4S. The second kappa shape index (κ2) is 8.67. The van der Waals surface area contributed by atoms with Gasteiger partial charge in [-0.2, -0.15) is 0 Å². The number of Topliss-reactive ketones (excluding diaryl/α,β-unsaturated/α-hetero) is 1. The minimum atomic E-state index is -0.875. The van der Waals surface area contributed by atoms with Crippen molar-refractivity contribution < 1.29 is 19.1 Å². The van der Waals surface area contributed by atoms with Crippen molar-refractivity contribution in [3.8, 4) is 0 Å². The molecule has 144 valence electrons. The summed E-state index contributed by atoms with van der Waals surface area (Å²) in [6.45, 7) is 7.38. The van der Waals surface area contributed by atoms with Gasteiger partial charge in [-0.1, -0.05) is 44.5 Å². The zero-order valence-electron chi connectivity index (χ0n) is 15.7. The number of amides is 1. The van der Waals surface area contributed by atoms with Gasteiger partial charge in [-0.25, -0.2) is 4.79 Å². The monoisotopic (exact) mass is 407 g/mol. The van der Waals surface area contributed by atoms with Gasteiger partial charge in [0, 0.05) is 5.56 Å². The molecule has 7 heteroatoms. The van der Waals surface area contributed by atoms with Gasteiger partial charge in [0.2, 0.25) is 5.78 Å². The van der Waals surface area contributed by atoms with Crippen molar-refractivity contribution in [2.75, 3.05) is 6.61 Å². The predicted octanol–water partition coefficient (Wildman–Crippen LogP) is 4.24. The average molecular weight is 408 g/mol. The highest BCUT2D eigenvalue weighted by Crippen LogP contribution is 2.23. The standard InChI is InChI=1S/C20H22ClNO4S/c1-12(19(25)26-11-15(23)16-9-10-17(21)27-16)22-18(24)13-5-7-14(8-6-13)20(2,3)4/h5-10,12H,11H2,1-4H3,(H,22,24)/t12-/m0/s1. The zero-order valence-corrected chi connectivity index (χ0v) is 17.2. The molecular weight excluding hydrogens is 386 g/mol. The third-order valence-electron chi connectivity index (χ3n) is 3.91. The molecule has 2 aromatic rings. The van der Waals surface area contributed by atoms with E-state index in [-0.39, 0.29) is 17.1 Å². The van der Waals surface area contributed by atoms with Crippen molar-refractivity contribution >= 4 is 40.6 Å². The van der Waals surface area contributed by atoms with E-state index < -0.39 is 18.6 Å². The minimum Gasteiger partial charge on any atom is -0.456 e. The number of benzene rings is 1. The fourth-order valence-corrected chi connectivity index (χ4v) is 3.22. The van der Waals surface area contributed by atoms with Crippen molar-refractivity contribution in [2.45, 2.75) is 39.2 Å². The quantitative estimate of drug-likeness (QED) is 0.574. The molecule has 0 aliphatic heterocycles. The highest BCUT2D eigenvalue weighted by Gasteiger charge is 2.20. The first-order valence-electron chi connectivity index (χ1n) is 8.44. The van der Waals surface area contributed by atoms with Crippen LogP contribution in [0.1, 0.15) is 53.3 Å². The van der Waals surface area contributed by atoms with Gasteiger partial charge in [-0.15, -0.1) is 11.3 Å². The van der Waals surface area contributed by atoms with E-state index in [1.165, 1.54) is 6.92 Å². The lowest BCUT2D eigenvalue weighted by Crippen LogP contribution is -2.40. The maximum Gasteiger partial charge on any atom is 0.328 e. The molecule has 1 atom stereocenters. The van der Waals surface area contributed by atoms with Gasteiger partial charge in [-0.3, -0.25) is 9.59 Å². The number of ketones is 1. The lowest BCUT2D eigenvalue weighted by Gasteiger charge is -2.19. The van der Waals surface area contributed by atoms with Crippen molar-refractivity contribution in [1.29, 1.82) is 0 Å². The van der Waals surface area contributed by atoms with Crippen LogP contribution in [-0.2, 0) is 14.9 Å². The van der Waals surface area contributed by atoms with Crippen molar-refractivity contribution in [1.82, 2.24) is 5.32 Å². The number of carbonyl (C=O) groups excluding carboxylic acids is 3. The molecule has 0 bridgehead atoms. The van der Waals surface area contributed by atoms with Crippen molar-refractivity contribution in [2.24, 2.45) is 0 Å². The van der Waals surface area contributed by atoms with Gasteiger partial charge in [0.15, 0.2) is 6.61 Å². The summed E-state index contributed by atoms with van der Waals surface area (Å²) < 4.78 is 5.48. The first kappa shape index (κ1) is 21.1. The van der Waals surface area contributed by atoms with Crippen LogP contribution < -0.4 is 5.32 Å². The number of hydrogen-bond acceptors (Lipinski definition) is 5. The predicted molar refractivity (Wildman–Crippen MR) is 107 cm³/mol. The van der Waals surface area contributed by atoms with Crippen LogP contribution in [0.3, 0.4) is 0 Å². The molecule has 27 heavy (non-hydrogen) atoms. The maximum absolute atomic E-state index is 12.3. The van der Waals surface area contributed by atoms with Crippen LogP contribution in [0.2, 0.25) is 4.34 Å². The number of rotatable bonds is 6. The summed E-state index contributed by atoms with van der Waals surface area (Å²) in [5.74, 6) is -1.39.